The van der Waals surface area contributed by atoms with Gasteiger partial charge in [0.2, 0.25) is 0 Å². The molecule has 7 heteroatoms. The van der Waals surface area contributed by atoms with E-state index >= 15 is 0 Å². The zero-order chi connectivity index (χ0) is 24.9. The maximum Gasteiger partial charge on any atom is 0.297 e. The van der Waals surface area contributed by atoms with Crippen molar-refractivity contribution in [2.75, 3.05) is 6.61 Å². The van der Waals surface area contributed by atoms with E-state index in [-0.39, 0.29) is 5.56 Å². The van der Waals surface area contributed by atoms with Gasteiger partial charge in [-0.2, -0.15) is 0 Å². The molecule has 0 fully saturated rings. The molecule has 0 bridgehead atoms. The summed E-state index contributed by atoms with van der Waals surface area (Å²) in [5, 5.41) is 0. The lowest BCUT2D eigenvalue weighted by Crippen LogP contribution is -2.19. The van der Waals surface area contributed by atoms with Gasteiger partial charge in [0.25, 0.3) is 5.56 Å². The quantitative estimate of drug-likeness (QED) is 0.250. The van der Waals surface area contributed by atoms with Gasteiger partial charge in [0, 0.05) is 13.3 Å². The molecule has 35 heavy (non-hydrogen) atoms. The molecule has 0 saturated heterocycles. The fourth-order valence-electron chi connectivity index (χ4n) is 3.75. The first kappa shape index (κ1) is 24.5. The number of aryl methyl sites for hydroxylation is 1. The Labute approximate surface area is 213 Å². The van der Waals surface area contributed by atoms with E-state index in [4.69, 9.17) is 9.47 Å². The highest BCUT2D eigenvalue weighted by atomic mass is 79.9. The molecule has 0 aliphatic heterocycles. The van der Waals surface area contributed by atoms with Crippen LogP contribution in [0.2, 0.25) is 0 Å². The van der Waals surface area contributed by atoms with Gasteiger partial charge in [-0.1, -0.05) is 48.0 Å². The van der Waals surface area contributed by atoms with Crippen LogP contribution in [0.4, 0.5) is 5.69 Å². The average molecular weight is 534 g/mol. The summed E-state index contributed by atoms with van der Waals surface area (Å²) in [6.07, 6.45) is 1.68. The Morgan fingerprint density at radius 1 is 1.00 bits per heavy atom. The van der Waals surface area contributed by atoms with Gasteiger partial charge >= 0.3 is 0 Å². The standard InChI is InChI=1S/C28H28BrN3O3/c1-5-34-25-16-22(15-24(29)27(25)35-18-21-13-11-19(2)12-14-21)17-30-26-20(3)31(4)32(28(26)33)23-9-7-6-8-10-23/h6-17H,5,18H2,1-4H3. The van der Waals surface area contributed by atoms with E-state index in [0.717, 1.165) is 27.0 Å². The van der Waals surface area contributed by atoms with E-state index in [0.29, 0.717) is 30.4 Å². The fourth-order valence-corrected chi connectivity index (χ4v) is 4.32. The van der Waals surface area contributed by atoms with Gasteiger partial charge in [-0.05, 0) is 72.1 Å². The summed E-state index contributed by atoms with van der Waals surface area (Å²) >= 11 is 3.62. The van der Waals surface area contributed by atoms with Gasteiger partial charge < -0.3 is 9.47 Å². The molecule has 0 spiro atoms. The van der Waals surface area contributed by atoms with Crippen LogP contribution in [0.3, 0.4) is 0 Å². The van der Waals surface area contributed by atoms with E-state index < -0.39 is 0 Å². The number of hydrogen-bond donors (Lipinski definition) is 0. The van der Waals surface area contributed by atoms with Crippen molar-refractivity contribution < 1.29 is 9.47 Å². The van der Waals surface area contributed by atoms with Gasteiger partial charge in [0.15, 0.2) is 17.2 Å². The molecular formula is C28H28BrN3O3. The molecule has 0 amide bonds. The molecule has 0 atom stereocenters. The molecule has 1 heterocycles. The summed E-state index contributed by atoms with van der Waals surface area (Å²) < 4.78 is 16.1. The van der Waals surface area contributed by atoms with Gasteiger partial charge in [-0.15, -0.1) is 0 Å². The summed E-state index contributed by atoms with van der Waals surface area (Å²) in [6.45, 7) is 6.79. The Kier molecular flexibility index (Phi) is 7.56. The number of ether oxygens (including phenoxy) is 2. The summed E-state index contributed by atoms with van der Waals surface area (Å²) in [5.74, 6) is 1.24. The minimum absolute atomic E-state index is 0.172. The van der Waals surface area contributed by atoms with Crippen LogP contribution < -0.4 is 15.0 Å². The van der Waals surface area contributed by atoms with Crippen LogP contribution in [0.1, 0.15) is 29.3 Å². The van der Waals surface area contributed by atoms with Crippen molar-refractivity contribution in [2.24, 2.45) is 12.0 Å². The molecule has 0 aliphatic rings. The lowest BCUT2D eigenvalue weighted by atomic mass is 10.1. The predicted molar refractivity (Wildman–Crippen MR) is 144 cm³/mol. The Balaban J connectivity index is 1.63. The van der Waals surface area contributed by atoms with Gasteiger partial charge in [-0.3, -0.25) is 9.48 Å². The summed E-state index contributed by atoms with van der Waals surface area (Å²) in [5.41, 5.74) is 4.86. The minimum atomic E-state index is -0.172. The van der Waals surface area contributed by atoms with E-state index in [1.807, 2.05) is 68.0 Å². The molecule has 4 rings (SSSR count). The highest BCUT2D eigenvalue weighted by Crippen LogP contribution is 2.37. The van der Waals surface area contributed by atoms with Crippen LogP contribution in [-0.4, -0.2) is 22.2 Å². The Morgan fingerprint density at radius 3 is 2.40 bits per heavy atom. The Bertz CT molecular complexity index is 1400. The van der Waals surface area contributed by atoms with Gasteiger partial charge in [0.1, 0.15) is 6.61 Å². The lowest BCUT2D eigenvalue weighted by molar-refractivity contribution is 0.267. The third-order valence-electron chi connectivity index (χ3n) is 5.70. The van der Waals surface area contributed by atoms with Crippen LogP contribution >= 0.6 is 15.9 Å². The average Bonchev–Trinajstić information content (AvgIpc) is 3.06. The number of benzene rings is 3. The van der Waals surface area contributed by atoms with Crippen LogP contribution in [0.15, 0.2) is 81.0 Å². The van der Waals surface area contributed by atoms with Crippen molar-refractivity contribution in [3.63, 3.8) is 0 Å². The van der Waals surface area contributed by atoms with Gasteiger partial charge in [-0.25, -0.2) is 9.67 Å². The number of aromatic nitrogens is 2. The molecule has 0 unspecified atom stereocenters. The monoisotopic (exact) mass is 533 g/mol. The smallest absolute Gasteiger partial charge is 0.297 e. The number of rotatable bonds is 8. The number of halogens is 1. The van der Waals surface area contributed by atoms with Crippen molar-refractivity contribution >= 4 is 27.8 Å². The van der Waals surface area contributed by atoms with Crippen LogP contribution in [-0.2, 0) is 13.7 Å². The number of nitrogens with zero attached hydrogens (tertiary/aromatic N) is 3. The molecule has 180 valence electrons. The van der Waals surface area contributed by atoms with Crippen molar-refractivity contribution in [3.8, 4) is 17.2 Å². The highest BCUT2D eigenvalue weighted by Gasteiger charge is 2.16. The third kappa shape index (κ3) is 5.41. The largest absolute Gasteiger partial charge is 0.490 e. The SMILES string of the molecule is CCOc1cc(C=Nc2c(C)n(C)n(-c3ccccc3)c2=O)cc(Br)c1OCc1ccc(C)cc1. The highest BCUT2D eigenvalue weighted by molar-refractivity contribution is 9.10. The second-order valence-electron chi connectivity index (χ2n) is 8.21. The van der Waals surface area contributed by atoms with Crippen LogP contribution in [0.25, 0.3) is 5.69 Å². The topological polar surface area (TPSA) is 57.8 Å². The second kappa shape index (κ2) is 10.8. The van der Waals surface area contributed by atoms with Gasteiger partial charge in [0.05, 0.1) is 22.5 Å². The Morgan fingerprint density at radius 2 is 1.71 bits per heavy atom. The second-order valence-corrected chi connectivity index (χ2v) is 9.06. The van der Waals surface area contributed by atoms with Crippen molar-refractivity contribution in [1.29, 1.82) is 0 Å². The summed E-state index contributed by atoms with van der Waals surface area (Å²) in [6, 6.07) is 21.5. The molecular weight excluding hydrogens is 506 g/mol. The normalized spacial score (nSPS) is 11.2. The lowest BCUT2D eigenvalue weighted by Gasteiger charge is -2.15. The van der Waals surface area contributed by atoms with Crippen LogP contribution in [0.5, 0.6) is 11.5 Å². The zero-order valence-corrected chi connectivity index (χ0v) is 21.9. The van der Waals surface area contributed by atoms with E-state index in [9.17, 15) is 4.79 Å². The number of hydrogen-bond acceptors (Lipinski definition) is 4. The maximum atomic E-state index is 13.1. The zero-order valence-electron chi connectivity index (χ0n) is 20.3. The third-order valence-corrected chi connectivity index (χ3v) is 6.29. The molecule has 0 aliphatic carbocycles. The van der Waals surface area contributed by atoms with E-state index in [1.54, 1.807) is 10.9 Å². The van der Waals surface area contributed by atoms with E-state index in [2.05, 4.69) is 52.1 Å². The fraction of sp³-hybridized carbons (Fsp3) is 0.214. The predicted octanol–water partition coefficient (Wildman–Crippen LogP) is 6.28. The van der Waals surface area contributed by atoms with E-state index in [1.165, 1.54) is 5.56 Å². The molecule has 0 radical (unpaired) electrons. The number of para-hydroxylation sites is 1. The van der Waals surface area contributed by atoms with Crippen molar-refractivity contribution in [3.05, 3.63) is 104 Å². The van der Waals surface area contributed by atoms with Crippen molar-refractivity contribution in [2.45, 2.75) is 27.4 Å². The molecule has 4 aromatic rings. The Hall–Kier alpha value is -3.58. The molecule has 6 nitrogen and oxygen atoms in total. The minimum Gasteiger partial charge on any atom is -0.490 e. The molecule has 3 aromatic carbocycles. The maximum absolute atomic E-state index is 13.1. The van der Waals surface area contributed by atoms with Crippen LogP contribution in [0, 0.1) is 13.8 Å². The molecule has 1 aromatic heterocycles. The van der Waals surface area contributed by atoms with Crippen molar-refractivity contribution in [1.82, 2.24) is 9.36 Å². The first-order chi connectivity index (χ1) is 16.9. The summed E-state index contributed by atoms with van der Waals surface area (Å²) in [7, 11) is 1.85. The first-order valence-electron chi connectivity index (χ1n) is 11.4. The first-order valence-corrected chi connectivity index (χ1v) is 12.2. The summed E-state index contributed by atoms with van der Waals surface area (Å²) in [4.78, 5) is 17.7. The molecule has 0 N–H and O–H groups in total. The number of aliphatic imine (C=N–C) groups is 1. The molecule has 0 saturated carbocycles.